The Labute approximate surface area is 162 Å². The van der Waals surface area contributed by atoms with Crippen LogP contribution < -0.4 is 5.32 Å². The number of anilines is 1. The van der Waals surface area contributed by atoms with Gasteiger partial charge in [0.2, 0.25) is 15.9 Å². The molecular formula is C18H20N6O3S. The highest BCUT2D eigenvalue weighted by Crippen LogP contribution is 2.29. The summed E-state index contributed by atoms with van der Waals surface area (Å²) < 4.78 is 26.3. The van der Waals surface area contributed by atoms with Crippen molar-refractivity contribution in [3.05, 3.63) is 41.9 Å². The molecule has 4 rings (SSSR count). The van der Waals surface area contributed by atoms with Gasteiger partial charge >= 0.3 is 0 Å². The van der Waals surface area contributed by atoms with Gasteiger partial charge in [-0.2, -0.15) is 5.10 Å². The lowest BCUT2D eigenvalue weighted by Gasteiger charge is -2.36. The number of nitrogens with one attached hydrogen (secondary N) is 1. The summed E-state index contributed by atoms with van der Waals surface area (Å²) in [7, 11) is -3.16. The fourth-order valence-corrected chi connectivity index (χ4v) is 4.16. The smallest absolute Gasteiger partial charge is 0.222 e. The fraction of sp³-hybridized carbons (Fsp3) is 0.333. The van der Waals surface area contributed by atoms with Crippen LogP contribution in [0.25, 0.3) is 16.7 Å². The summed E-state index contributed by atoms with van der Waals surface area (Å²) in [5, 5.41) is 8.12. The SMILES string of the molecule is CC(=O)Nc1cc2c(cn1)c(C)nn2-c1cccc(C2CN(S(C)(=O)=O)C2)n1. The van der Waals surface area contributed by atoms with E-state index in [-0.39, 0.29) is 11.8 Å². The van der Waals surface area contributed by atoms with Crippen LogP contribution in [0.3, 0.4) is 0 Å². The third-order valence-corrected chi connectivity index (χ3v) is 6.00. The maximum absolute atomic E-state index is 11.6. The van der Waals surface area contributed by atoms with Gasteiger partial charge in [0.05, 0.1) is 17.5 Å². The van der Waals surface area contributed by atoms with E-state index in [0.717, 1.165) is 22.3 Å². The van der Waals surface area contributed by atoms with Crippen molar-refractivity contribution in [3.8, 4) is 5.82 Å². The van der Waals surface area contributed by atoms with Crippen molar-refractivity contribution in [2.45, 2.75) is 19.8 Å². The average Bonchev–Trinajstić information content (AvgIpc) is 2.88. The van der Waals surface area contributed by atoms with Gasteiger partial charge in [0.15, 0.2) is 5.82 Å². The molecule has 4 heterocycles. The zero-order valence-corrected chi connectivity index (χ0v) is 16.6. The van der Waals surface area contributed by atoms with Crippen molar-refractivity contribution in [1.82, 2.24) is 24.1 Å². The summed E-state index contributed by atoms with van der Waals surface area (Å²) in [6, 6.07) is 7.40. The number of amides is 1. The Balaban J connectivity index is 1.70. The molecule has 0 unspecified atom stereocenters. The van der Waals surface area contributed by atoms with Crippen molar-refractivity contribution in [3.63, 3.8) is 0 Å². The normalized spacial score (nSPS) is 15.5. The zero-order valence-electron chi connectivity index (χ0n) is 15.7. The van der Waals surface area contributed by atoms with Gasteiger partial charge in [-0.1, -0.05) is 6.07 Å². The van der Waals surface area contributed by atoms with Crippen LogP contribution >= 0.6 is 0 Å². The molecule has 1 aliphatic rings. The van der Waals surface area contributed by atoms with Crippen molar-refractivity contribution < 1.29 is 13.2 Å². The van der Waals surface area contributed by atoms with Gasteiger partial charge in [-0.05, 0) is 19.1 Å². The molecule has 0 spiro atoms. The minimum atomic E-state index is -3.16. The van der Waals surface area contributed by atoms with Crippen LogP contribution in [0.2, 0.25) is 0 Å². The van der Waals surface area contributed by atoms with E-state index in [1.54, 1.807) is 16.9 Å². The largest absolute Gasteiger partial charge is 0.311 e. The molecule has 28 heavy (non-hydrogen) atoms. The minimum absolute atomic E-state index is 0.0641. The highest BCUT2D eigenvalue weighted by molar-refractivity contribution is 7.88. The van der Waals surface area contributed by atoms with E-state index in [0.29, 0.717) is 24.7 Å². The highest BCUT2D eigenvalue weighted by Gasteiger charge is 2.35. The molecular weight excluding hydrogens is 380 g/mol. The number of nitrogens with zero attached hydrogens (tertiary/aromatic N) is 5. The van der Waals surface area contributed by atoms with E-state index < -0.39 is 10.0 Å². The third kappa shape index (κ3) is 3.36. The Hall–Kier alpha value is -2.85. The van der Waals surface area contributed by atoms with E-state index in [2.05, 4.69) is 15.4 Å². The number of pyridine rings is 2. The van der Waals surface area contributed by atoms with E-state index in [1.807, 2.05) is 25.1 Å². The van der Waals surface area contributed by atoms with Crippen molar-refractivity contribution in [2.24, 2.45) is 0 Å². The quantitative estimate of drug-likeness (QED) is 0.710. The highest BCUT2D eigenvalue weighted by atomic mass is 32.2. The molecule has 0 atom stereocenters. The Bertz CT molecular complexity index is 1180. The van der Waals surface area contributed by atoms with Crippen LogP contribution in [-0.4, -0.2) is 57.7 Å². The van der Waals surface area contributed by atoms with Gasteiger partial charge in [0.25, 0.3) is 0 Å². The van der Waals surface area contributed by atoms with Crippen LogP contribution in [0.15, 0.2) is 30.5 Å². The summed E-state index contributed by atoms with van der Waals surface area (Å²) in [6.07, 6.45) is 2.89. The molecule has 0 aliphatic carbocycles. The van der Waals surface area contributed by atoms with Gasteiger partial charge in [-0.15, -0.1) is 0 Å². The van der Waals surface area contributed by atoms with E-state index in [1.165, 1.54) is 17.5 Å². The van der Waals surface area contributed by atoms with Crippen LogP contribution in [0, 0.1) is 6.92 Å². The second-order valence-electron chi connectivity index (χ2n) is 6.96. The standard InChI is InChI=1S/C18H20N6O3S/c1-11-14-8-19-17(20-12(2)25)7-16(14)24(22-11)18-6-4-5-15(21-18)13-9-23(10-13)28(3,26)27/h4-8,13H,9-10H2,1-3H3,(H,19,20,25). The molecule has 0 aromatic carbocycles. The molecule has 1 saturated heterocycles. The molecule has 1 aliphatic heterocycles. The Morgan fingerprint density at radius 1 is 1.29 bits per heavy atom. The third-order valence-electron chi connectivity index (χ3n) is 4.76. The van der Waals surface area contributed by atoms with Gasteiger partial charge in [-0.25, -0.2) is 27.4 Å². The number of aryl methyl sites for hydroxylation is 1. The number of hydrogen-bond donors (Lipinski definition) is 1. The number of fused-ring (bicyclic) bond motifs is 1. The number of carbonyl (C=O) groups excluding carboxylic acids is 1. The fourth-order valence-electron chi connectivity index (χ4n) is 3.26. The zero-order chi connectivity index (χ0) is 20.1. The predicted molar refractivity (Wildman–Crippen MR) is 105 cm³/mol. The maximum Gasteiger partial charge on any atom is 0.222 e. The predicted octanol–water partition coefficient (Wildman–Crippen LogP) is 1.44. The number of rotatable bonds is 4. The van der Waals surface area contributed by atoms with E-state index in [9.17, 15) is 13.2 Å². The molecule has 146 valence electrons. The summed E-state index contributed by atoms with van der Waals surface area (Å²) in [4.78, 5) is 20.3. The molecule has 0 radical (unpaired) electrons. The summed E-state index contributed by atoms with van der Waals surface area (Å²) in [5.74, 6) is 0.942. The molecule has 0 bridgehead atoms. The number of aromatic nitrogens is 4. The number of hydrogen-bond acceptors (Lipinski definition) is 6. The van der Waals surface area contributed by atoms with Crippen LogP contribution in [0.5, 0.6) is 0 Å². The molecule has 1 N–H and O–H groups in total. The Morgan fingerprint density at radius 3 is 2.71 bits per heavy atom. The maximum atomic E-state index is 11.6. The Morgan fingerprint density at radius 2 is 2.04 bits per heavy atom. The average molecular weight is 400 g/mol. The van der Waals surface area contributed by atoms with Crippen molar-refractivity contribution in [2.75, 3.05) is 24.7 Å². The monoisotopic (exact) mass is 400 g/mol. The molecule has 10 heteroatoms. The first kappa shape index (κ1) is 18.5. The molecule has 1 amide bonds. The van der Waals surface area contributed by atoms with E-state index in [4.69, 9.17) is 4.98 Å². The molecule has 9 nitrogen and oxygen atoms in total. The van der Waals surface area contributed by atoms with Crippen molar-refractivity contribution >= 4 is 32.7 Å². The first-order valence-electron chi connectivity index (χ1n) is 8.78. The summed E-state index contributed by atoms with van der Waals surface area (Å²) in [5.41, 5.74) is 2.41. The molecule has 1 fully saturated rings. The molecule has 0 saturated carbocycles. The molecule has 3 aromatic rings. The first-order chi connectivity index (χ1) is 13.2. The first-order valence-corrected chi connectivity index (χ1v) is 10.6. The molecule has 3 aromatic heterocycles. The van der Waals surface area contributed by atoms with Crippen LogP contribution in [0.1, 0.15) is 24.2 Å². The topological polar surface area (TPSA) is 110 Å². The summed E-state index contributed by atoms with van der Waals surface area (Å²) >= 11 is 0. The van der Waals surface area contributed by atoms with Gasteiger partial charge in [-0.3, -0.25) is 4.79 Å². The number of sulfonamides is 1. The lowest BCUT2D eigenvalue weighted by Crippen LogP contribution is -2.48. The van der Waals surface area contributed by atoms with Gasteiger partial charge in [0, 0.05) is 49.3 Å². The van der Waals surface area contributed by atoms with E-state index >= 15 is 0 Å². The minimum Gasteiger partial charge on any atom is -0.311 e. The van der Waals surface area contributed by atoms with Crippen LogP contribution in [-0.2, 0) is 14.8 Å². The van der Waals surface area contributed by atoms with Gasteiger partial charge < -0.3 is 5.32 Å². The van der Waals surface area contributed by atoms with Gasteiger partial charge in [0.1, 0.15) is 5.82 Å². The Kier molecular flexibility index (Phi) is 4.39. The van der Waals surface area contributed by atoms with Crippen molar-refractivity contribution in [1.29, 1.82) is 0 Å². The lowest BCUT2D eigenvalue weighted by molar-refractivity contribution is -0.114. The summed E-state index contributed by atoms with van der Waals surface area (Å²) in [6.45, 7) is 4.19. The second-order valence-corrected chi connectivity index (χ2v) is 8.95. The second kappa shape index (κ2) is 6.64. The lowest BCUT2D eigenvalue weighted by atomic mass is 9.99. The number of carbonyl (C=O) groups is 1. The van der Waals surface area contributed by atoms with Crippen LogP contribution in [0.4, 0.5) is 5.82 Å².